The number of hydrogen-bond donors (Lipinski definition) is 0. The van der Waals surface area contributed by atoms with Gasteiger partial charge in [-0.1, -0.05) is 35.5 Å². The summed E-state index contributed by atoms with van der Waals surface area (Å²) in [5.41, 5.74) is 3.83. The van der Waals surface area contributed by atoms with Crippen molar-refractivity contribution in [2.75, 3.05) is 0 Å². The van der Waals surface area contributed by atoms with Gasteiger partial charge in [-0.2, -0.15) is 0 Å². The van der Waals surface area contributed by atoms with Crippen LogP contribution in [0.1, 0.15) is 16.7 Å². The third-order valence-corrected chi connectivity index (χ3v) is 3.85. The lowest BCUT2D eigenvalue weighted by Gasteiger charge is -2.04. The van der Waals surface area contributed by atoms with Crippen molar-refractivity contribution in [3.05, 3.63) is 53.3 Å². The molecule has 20 heavy (non-hydrogen) atoms. The van der Waals surface area contributed by atoms with E-state index in [1.807, 2.05) is 0 Å². The molecule has 0 saturated carbocycles. The zero-order valence-corrected chi connectivity index (χ0v) is 12.1. The molecule has 0 bridgehead atoms. The van der Waals surface area contributed by atoms with Crippen LogP contribution >= 0.6 is 11.8 Å². The number of nitrogens with zero attached hydrogens (tertiary/aromatic N) is 2. The predicted molar refractivity (Wildman–Crippen MR) is 77.5 cm³/mol. The summed E-state index contributed by atoms with van der Waals surface area (Å²) in [5, 5.41) is 8.55. The molecule has 0 fully saturated rings. The van der Waals surface area contributed by atoms with Gasteiger partial charge in [0.1, 0.15) is 0 Å². The number of hydrogen-bond acceptors (Lipinski definition) is 5. The second kappa shape index (κ2) is 5.54. The summed E-state index contributed by atoms with van der Waals surface area (Å²) in [5.74, 6) is 1.82. The monoisotopic (exact) mass is 286 g/mol. The molecule has 0 atom stereocenters. The number of thioether (sulfide) groups is 1. The normalized spacial score (nSPS) is 10.9. The molecule has 3 rings (SSSR count). The lowest BCUT2D eigenvalue weighted by Crippen LogP contribution is -1.87. The van der Waals surface area contributed by atoms with Gasteiger partial charge in [-0.05, 0) is 37.1 Å². The van der Waals surface area contributed by atoms with Crippen LogP contribution in [0, 0.1) is 13.8 Å². The van der Waals surface area contributed by atoms with Crippen molar-refractivity contribution < 1.29 is 8.83 Å². The molecule has 0 aliphatic carbocycles. The van der Waals surface area contributed by atoms with E-state index in [1.54, 1.807) is 18.4 Å². The van der Waals surface area contributed by atoms with Gasteiger partial charge in [-0.3, -0.25) is 0 Å². The molecule has 0 aliphatic heterocycles. The number of furan rings is 1. The largest absolute Gasteiger partial charge is 0.459 e. The Kier molecular flexibility index (Phi) is 3.60. The smallest absolute Gasteiger partial charge is 0.284 e. The van der Waals surface area contributed by atoms with Crippen molar-refractivity contribution in [2.45, 2.75) is 24.8 Å². The fourth-order valence-electron chi connectivity index (χ4n) is 1.92. The lowest BCUT2D eigenvalue weighted by atomic mass is 10.1. The molecule has 102 valence electrons. The topological polar surface area (TPSA) is 52.1 Å². The molecule has 0 amide bonds. The fourth-order valence-corrected chi connectivity index (χ4v) is 2.75. The van der Waals surface area contributed by atoms with Gasteiger partial charge >= 0.3 is 0 Å². The highest BCUT2D eigenvalue weighted by molar-refractivity contribution is 7.98. The molecule has 0 unspecified atom stereocenters. The van der Waals surface area contributed by atoms with E-state index in [1.165, 1.54) is 28.5 Å². The van der Waals surface area contributed by atoms with E-state index in [-0.39, 0.29) is 0 Å². The van der Waals surface area contributed by atoms with Gasteiger partial charge in [0.25, 0.3) is 11.1 Å². The Labute approximate surface area is 121 Å². The molecule has 0 aliphatic rings. The highest BCUT2D eigenvalue weighted by Crippen LogP contribution is 2.27. The average Bonchev–Trinajstić information content (AvgIpc) is 3.08. The summed E-state index contributed by atoms with van der Waals surface area (Å²) >= 11 is 1.53. The van der Waals surface area contributed by atoms with Gasteiger partial charge in [0.2, 0.25) is 0 Å². The summed E-state index contributed by atoms with van der Waals surface area (Å²) < 4.78 is 10.8. The SMILES string of the molecule is Cc1ccc(CSc2nnc(-c3ccco3)o2)c(C)c1. The molecule has 5 heteroatoms. The molecular weight excluding hydrogens is 272 g/mol. The highest BCUT2D eigenvalue weighted by atomic mass is 32.2. The van der Waals surface area contributed by atoms with Crippen molar-refractivity contribution in [3.8, 4) is 11.7 Å². The summed E-state index contributed by atoms with van der Waals surface area (Å²) in [6.45, 7) is 4.21. The Hall–Kier alpha value is -2.01. The number of benzene rings is 1. The van der Waals surface area contributed by atoms with Crippen LogP contribution < -0.4 is 0 Å². The van der Waals surface area contributed by atoms with E-state index in [0.717, 1.165) is 5.75 Å². The third-order valence-electron chi connectivity index (χ3n) is 2.99. The van der Waals surface area contributed by atoms with Crippen LogP contribution in [-0.2, 0) is 5.75 Å². The molecule has 4 nitrogen and oxygen atoms in total. The minimum Gasteiger partial charge on any atom is -0.459 e. The van der Waals surface area contributed by atoms with Crippen LogP contribution in [0.2, 0.25) is 0 Å². The summed E-state index contributed by atoms with van der Waals surface area (Å²) in [7, 11) is 0. The summed E-state index contributed by atoms with van der Waals surface area (Å²) in [6, 6.07) is 10.0. The molecule has 0 saturated heterocycles. The average molecular weight is 286 g/mol. The molecule has 0 spiro atoms. The van der Waals surface area contributed by atoms with E-state index in [9.17, 15) is 0 Å². The third kappa shape index (κ3) is 2.77. The Balaban J connectivity index is 1.70. The van der Waals surface area contributed by atoms with Crippen molar-refractivity contribution in [2.24, 2.45) is 0 Å². The van der Waals surface area contributed by atoms with Gasteiger partial charge in [-0.25, -0.2) is 0 Å². The lowest BCUT2D eigenvalue weighted by molar-refractivity contribution is 0.447. The van der Waals surface area contributed by atoms with Gasteiger partial charge in [0.05, 0.1) is 6.26 Å². The van der Waals surface area contributed by atoms with Crippen LogP contribution in [-0.4, -0.2) is 10.2 Å². The number of aryl methyl sites for hydroxylation is 2. The Morgan fingerprint density at radius 3 is 2.80 bits per heavy atom. The summed E-state index contributed by atoms with van der Waals surface area (Å²) in [6.07, 6.45) is 1.59. The first-order valence-corrected chi connectivity index (χ1v) is 7.27. The maximum atomic E-state index is 5.56. The van der Waals surface area contributed by atoms with Crippen LogP contribution in [0.15, 0.2) is 50.7 Å². The van der Waals surface area contributed by atoms with E-state index in [0.29, 0.717) is 16.9 Å². The Morgan fingerprint density at radius 2 is 2.05 bits per heavy atom. The highest BCUT2D eigenvalue weighted by Gasteiger charge is 2.11. The first kappa shape index (κ1) is 13.0. The molecule has 1 aromatic carbocycles. The first-order valence-electron chi connectivity index (χ1n) is 6.29. The van der Waals surface area contributed by atoms with Gasteiger partial charge in [0.15, 0.2) is 5.76 Å². The second-order valence-electron chi connectivity index (χ2n) is 4.57. The minimum absolute atomic E-state index is 0.415. The van der Waals surface area contributed by atoms with Gasteiger partial charge < -0.3 is 8.83 Å². The molecule has 2 heterocycles. The van der Waals surface area contributed by atoms with Crippen LogP contribution in [0.5, 0.6) is 0 Å². The number of aromatic nitrogens is 2. The second-order valence-corrected chi connectivity index (χ2v) is 5.50. The molecule has 2 aromatic heterocycles. The van der Waals surface area contributed by atoms with E-state index in [4.69, 9.17) is 8.83 Å². The van der Waals surface area contributed by atoms with Crippen molar-refractivity contribution >= 4 is 11.8 Å². The van der Waals surface area contributed by atoms with E-state index < -0.39 is 0 Å². The quantitative estimate of drug-likeness (QED) is 0.671. The molecular formula is C15H14N2O2S. The number of rotatable bonds is 4. The maximum Gasteiger partial charge on any atom is 0.284 e. The van der Waals surface area contributed by atoms with E-state index in [2.05, 4.69) is 42.2 Å². The van der Waals surface area contributed by atoms with E-state index >= 15 is 0 Å². The molecule has 3 aromatic rings. The Morgan fingerprint density at radius 1 is 1.15 bits per heavy atom. The van der Waals surface area contributed by atoms with Crippen molar-refractivity contribution in [3.63, 3.8) is 0 Å². The standard InChI is InChI=1S/C15H14N2O2S/c1-10-5-6-12(11(2)8-10)9-20-15-17-16-14(19-15)13-4-3-7-18-13/h3-8H,9H2,1-2H3. The maximum absolute atomic E-state index is 5.56. The van der Waals surface area contributed by atoms with Gasteiger partial charge in [-0.15, -0.1) is 10.2 Å². The predicted octanol–water partition coefficient (Wildman–Crippen LogP) is 4.24. The molecule has 0 N–H and O–H groups in total. The molecule has 0 radical (unpaired) electrons. The first-order chi connectivity index (χ1) is 9.72. The van der Waals surface area contributed by atoms with Crippen LogP contribution in [0.4, 0.5) is 0 Å². The minimum atomic E-state index is 0.415. The van der Waals surface area contributed by atoms with Crippen molar-refractivity contribution in [1.29, 1.82) is 0 Å². The van der Waals surface area contributed by atoms with Gasteiger partial charge in [0, 0.05) is 5.75 Å². The Bertz CT molecular complexity index is 704. The van der Waals surface area contributed by atoms with Crippen LogP contribution in [0.3, 0.4) is 0 Å². The summed E-state index contributed by atoms with van der Waals surface area (Å²) in [4.78, 5) is 0. The zero-order valence-electron chi connectivity index (χ0n) is 11.3. The van der Waals surface area contributed by atoms with Crippen molar-refractivity contribution in [1.82, 2.24) is 10.2 Å². The fraction of sp³-hybridized carbons (Fsp3) is 0.200. The zero-order chi connectivity index (χ0) is 13.9. The van der Waals surface area contributed by atoms with Crippen LogP contribution in [0.25, 0.3) is 11.7 Å².